The van der Waals surface area contributed by atoms with Crippen molar-refractivity contribution in [1.82, 2.24) is 5.32 Å². The van der Waals surface area contributed by atoms with Crippen LogP contribution in [0.1, 0.15) is 113 Å². The summed E-state index contributed by atoms with van der Waals surface area (Å²) in [6, 6.07) is -0.267. The number of hydrogen-bond donors (Lipinski definition) is 1. The molecule has 6 heteroatoms. The maximum Gasteiger partial charge on any atom is 0.307 e. The molecule has 0 aliphatic heterocycles. The summed E-state index contributed by atoms with van der Waals surface area (Å²) in [6.45, 7) is 13.3. The molecule has 0 unspecified atom stereocenters. The fraction of sp³-hybridized carbons (Fsp3) is 0.880. The number of nitrogens with one attached hydrogen (secondary N) is 1. The van der Waals surface area contributed by atoms with Gasteiger partial charge in [-0.3, -0.25) is 14.4 Å². The Balaban J connectivity index is 4.97. The summed E-state index contributed by atoms with van der Waals surface area (Å²) >= 11 is 0. The van der Waals surface area contributed by atoms with E-state index >= 15 is 0 Å². The zero-order valence-corrected chi connectivity index (χ0v) is 21.1. The fourth-order valence-electron chi connectivity index (χ4n) is 3.40. The Bertz CT molecular complexity index is 526. The van der Waals surface area contributed by atoms with Gasteiger partial charge in [0.05, 0.1) is 12.5 Å². The maximum atomic E-state index is 13.1. The van der Waals surface area contributed by atoms with Crippen LogP contribution in [0.4, 0.5) is 0 Å². The van der Waals surface area contributed by atoms with Gasteiger partial charge in [0.2, 0.25) is 5.91 Å². The van der Waals surface area contributed by atoms with E-state index in [-0.39, 0.29) is 42.8 Å². The summed E-state index contributed by atoms with van der Waals surface area (Å²) < 4.78 is 10.6. The molecule has 0 saturated carbocycles. The predicted molar refractivity (Wildman–Crippen MR) is 125 cm³/mol. The molecule has 0 spiro atoms. The minimum atomic E-state index is -0.577. The molecule has 0 aromatic heterocycles. The fourth-order valence-corrected chi connectivity index (χ4v) is 3.40. The lowest BCUT2D eigenvalue weighted by Crippen LogP contribution is -2.46. The van der Waals surface area contributed by atoms with E-state index in [4.69, 9.17) is 9.47 Å². The Morgan fingerprint density at radius 1 is 0.935 bits per heavy atom. The van der Waals surface area contributed by atoms with Crippen LogP contribution in [-0.4, -0.2) is 36.1 Å². The summed E-state index contributed by atoms with van der Waals surface area (Å²) in [5.41, 5.74) is -0.577. The molecule has 0 saturated heterocycles. The second-order valence-electron chi connectivity index (χ2n) is 9.70. The van der Waals surface area contributed by atoms with Crippen LogP contribution in [-0.2, 0) is 23.9 Å². The topological polar surface area (TPSA) is 81.7 Å². The van der Waals surface area contributed by atoms with Crippen LogP contribution >= 0.6 is 0 Å². The van der Waals surface area contributed by atoms with Crippen LogP contribution < -0.4 is 5.32 Å². The van der Waals surface area contributed by atoms with Gasteiger partial charge >= 0.3 is 11.9 Å². The largest absolute Gasteiger partial charge is 0.464 e. The number of carbonyl (C=O) groups excluding carboxylic acids is 3. The summed E-state index contributed by atoms with van der Waals surface area (Å²) in [5.74, 6) is -1.15. The summed E-state index contributed by atoms with van der Waals surface area (Å²) in [4.78, 5) is 36.7. The van der Waals surface area contributed by atoms with Crippen LogP contribution in [0.5, 0.6) is 0 Å². The molecule has 0 fully saturated rings. The Kier molecular flexibility index (Phi) is 15.3. The molecule has 1 N–H and O–H groups in total. The molecule has 0 heterocycles. The molecule has 0 aliphatic rings. The minimum absolute atomic E-state index is 0.0692. The predicted octanol–water partition coefficient (Wildman–Crippen LogP) is 5.57. The number of carbonyl (C=O) groups is 3. The number of ether oxygens (including phenoxy) is 2. The van der Waals surface area contributed by atoms with Crippen molar-refractivity contribution in [3.8, 4) is 0 Å². The van der Waals surface area contributed by atoms with Crippen molar-refractivity contribution < 1.29 is 23.9 Å². The summed E-state index contributed by atoms with van der Waals surface area (Å²) in [5, 5.41) is 3.04. The van der Waals surface area contributed by atoms with Gasteiger partial charge < -0.3 is 14.8 Å². The third-order valence-electron chi connectivity index (χ3n) is 5.48. The quantitative estimate of drug-likeness (QED) is 0.250. The van der Waals surface area contributed by atoms with Gasteiger partial charge in [0.25, 0.3) is 0 Å². The number of amides is 1. The maximum absolute atomic E-state index is 13.1. The lowest BCUT2D eigenvalue weighted by molar-refractivity contribution is -0.157. The second kappa shape index (κ2) is 16.1. The highest BCUT2D eigenvalue weighted by atomic mass is 16.6. The molecular formula is C25H47NO5. The van der Waals surface area contributed by atoms with Gasteiger partial charge in [-0.15, -0.1) is 0 Å². The van der Waals surface area contributed by atoms with Crippen molar-refractivity contribution in [3.05, 3.63) is 0 Å². The molecule has 31 heavy (non-hydrogen) atoms. The molecule has 0 aromatic carbocycles. The first-order valence-corrected chi connectivity index (χ1v) is 12.2. The third kappa shape index (κ3) is 15.8. The average molecular weight is 442 g/mol. The van der Waals surface area contributed by atoms with Crippen LogP contribution in [0.25, 0.3) is 0 Å². The van der Waals surface area contributed by atoms with Crippen molar-refractivity contribution in [2.75, 3.05) is 6.61 Å². The first-order valence-electron chi connectivity index (χ1n) is 12.2. The van der Waals surface area contributed by atoms with Crippen LogP contribution in [0.15, 0.2) is 0 Å². The lowest BCUT2D eigenvalue weighted by Gasteiger charge is -2.27. The molecule has 182 valence electrons. The Morgan fingerprint density at radius 2 is 1.52 bits per heavy atom. The van der Waals surface area contributed by atoms with Crippen molar-refractivity contribution in [2.24, 2.45) is 11.8 Å². The molecule has 1 amide bonds. The first-order chi connectivity index (χ1) is 14.5. The zero-order valence-electron chi connectivity index (χ0n) is 21.1. The van der Waals surface area contributed by atoms with E-state index in [1.807, 2.05) is 34.6 Å². The lowest BCUT2D eigenvalue weighted by atomic mass is 9.94. The van der Waals surface area contributed by atoms with Crippen LogP contribution in [0.3, 0.4) is 0 Å². The highest BCUT2D eigenvalue weighted by Crippen LogP contribution is 2.20. The van der Waals surface area contributed by atoms with Gasteiger partial charge in [0, 0.05) is 12.8 Å². The summed E-state index contributed by atoms with van der Waals surface area (Å²) in [6.07, 6.45) is 9.66. The van der Waals surface area contributed by atoms with E-state index in [0.717, 1.165) is 25.7 Å². The van der Waals surface area contributed by atoms with E-state index in [0.29, 0.717) is 6.42 Å². The van der Waals surface area contributed by atoms with E-state index in [9.17, 15) is 14.4 Å². The molecule has 0 rings (SSSR count). The SMILES string of the molecule is CCCCCCCCC[C@H](CC(=O)OC(C)(C)C)C(=O)N[C@H](COC(C)=O)[C@@H](C)CC. The number of esters is 2. The molecule has 0 aliphatic carbocycles. The highest BCUT2D eigenvalue weighted by molar-refractivity contribution is 5.84. The Hall–Kier alpha value is -1.59. The monoisotopic (exact) mass is 441 g/mol. The van der Waals surface area contributed by atoms with Gasteiger partial charge in [0.1, 0.15) is 12.2 Å². The van der Waals surface area contributed by atoms with Crippen LogP contribution in [0, 0.1) is 11.8 Å². The van der Waals surface area contributed by atoms with Crippen molar-refractivity contribution >= 4 is 17.8 Å². The number of rotatable bonds is 16. The molecular weight excluding hydrogens is 394 g/mol. The first kappa shape index (κ1) is 29.4. The number of hydrogen-bond acceptors (Lipinski definition) is 5. The third-order valence-corrected chi connectivity index (χ3v) is 5.48. The van der Waals surface area contributed by atoms with Crippen molar-refractivity contribution in [3.63, 3.8) is 0 Å². The van der Waals surface area contributed by atoms with Crippen molar-refractivity contribution in [1.29, 1.82) is 0 Å². The van der Waals surface area contributed by atoms with Gasteiger partial charge in [0.15, 0.2) is 0 Å². The second-order valence-corrected chi connectivity index (χ2v) is 9.70. The normalized spacial score (nSPS) is 14.4. The molecule has 0 aromatic rings. The average Bonchev–Trinajstić information content (AvgIpc) is 2.67. The van der Waals surface area contributed by atoms with Crippen molar-refractivity contribution in [2.45, 2.75) is 124 Å². The minimum Gasteiger partial charge on any atom is -0.464 e. The molecule has 3 atom stereocenters. The summed E-state index contributed by atoms with van der Waals surface area (Å²) in [7, 11) is 0. The van der Waals surface area contributed by atoms with Gasteiger partial charge in [-0.1, -0.05) is 72.1 Å². The number of unbranched alkanes of at least 4 members (excludes halogenated alkanes) is 6. The highest BCUT2D eigenvalue weighted by Gasteiger charge is 2.28. The molecule has 0 radical (unpaired) electrons. The zero-order chi connectivity index (χ0) is 23.9. The van der Waals surface area contributed by atoms with E-state index in [2.05, 4.69) is 12.2 Å². The Labute approximate surface area is 190 Å². The van der Waals surface area contributed by atoms with Gasteiger partial charge in [-0.05, 0) is 33.1 Å². The standard InChI is InChI=1S/C25H47NO5/c1-8-10-11-12-13-14-15-16-21(17-23(28)31-25(5,6)7)24(29)26-22(19(3)9-2)18-30-20(4)27/h19,21-22H,8-18H2,1-7H3,(H,26,29)/t19-,21+,22+/m0/s1. The van der Waals surface area contributed by atoms with Gasteiger partial charge in [-0.2, -0.15) is 0 Å². The smallest absolute Gasteiger partial charge is 0.307 e. The van der Waals surface area contributed by atoms with Gasteiger partial charge in [-0.25, -0.2) is 0 Å². The van der Waals surface area contributed by atoms with E-state index in [1.54, 1.807) is 0 Å². The van der Waals surface area contributed by atoms with E-state index in [1.165, 1.54) is 32.6 Å². The Morgan fingerprint density at radius 3 is 2.03 bits per heavy atom. The van der Waals surface area contributed by atoms with E-state index < -0.39 is 11.5 Å². The molecule has 6 nitrogen and oxygen atoms in total. The van der Waals surface area contributed by atoms with Crippen LogP contribution in [0.2, 0.25) is 0 Å². The molecule has 0 bridgehead atoms.